The molecule has 1 aliphatic heterocycles. The summed E-state index contributed by atoms with van der Waals surface area (Å²) in [5.74, 6) is 0.00729. The van der Waals surface area contributed by atoms with Crippen molar-refractivity contribution >= 4 is 28.2 Å². The van der Waals surface area contributed by atoms with Gasteiger partial charge in [0.1, 0.15) is 5.00 Å². The quantitative estimate of drug-likeness (QED) is 0.808. The molecule has 1 amide bonds. The van der Waals surface area contributed by atoms with Gasteiger partial charge in [-0.2, -0.15) is 0 Å². The van der Waals surface area contributed by atoms with Gasteiger partial charge >= 0.3 is 5.97 Å². The molecule has 1 fully saturated rings. The van der Waals surface area contributed by atoms with Crippen molar-refractivity contribution in [2.75, 3.05) is 31.6 Å². The highest BCUT2D eigenvalue weighted by Gasteiger charge is 2.31. The van der Waals surface area contributed by atoms with Crippen LogP contribution in [-0.2, 0) is 16.0 Å². The number of likely N-dealkylation sites (tertiary alicyclic amines) is 1. The van der Waals surface area contributed by atoms with E-state index in [2.05, 4.69) is 17.1 Å². The molecule has 25 heavy (non-hydrogen) atoms. The molecule has 1 aliphatic carbocycles. The molecule has 0 aromatic carbocycles. The summed E-state index contributed by atoms with van der Waals surface area (Å²) < 4.78 is 5.28. The fraction of sp³-hybridized carbons (Fsp3) is 0.684. The first-order chi connectivity index (χ1) is 12.1. The Balaban J connectivity index is 1.79. The molecule has 1 N–H and O–H groups in total. The largest absolute Gasteiger partial charge is 0.462 e. The highest BCUT2D eigenvalue weighted by Crippen LogP contribution is 2.43. The first-order valence-electron chi connectivity index (χ1n) is 9.45. The number of carbonyl (C=O) groups excluding carboxylic acids is 2. The van der Waals surface area contributed by atoms with E-state index in [9.17, 15) is 9.59 Å². The first kappa shape index (κ1) is 18.4. The fourth-order valence-corrected chi connectivity index (χ4v) is 5.26. The fourth-order valence-electron chi connectivity index (χ4n) is 3.89. The molecule has 0 spiro atoms. The lowest BCUT2D eigenvalue weighted by atomic mass is 9.86. The molecule has 0 radical (unpaired) electrons. The Hall–Kier alpha value is -1.40. The Labute approximate surface area is 153 Å². The minimum Gasteiger partial charge on any atom is -0.462 e. The van der Waals surface area contributed by atoms with Crippen LogP contribution in [0.2, 0.25) is 0 Å². The van der Waals surface area contributed by atoms with Gasteiger partial charge < -0.3 is 10.1 Å². The maximum Gasteiger partial charge on any atom is 0.341 e. The monoisotopic (exact) mass is 364 g/mol. The minimum atomic E-state index is -0.304. The lowest BCUT2D eigenvalue weighted by Gasteiger charge is -2.25. The second-order valence-corrected chi connectivity index (χ2v) is 8.15. The predicted molar refractivity (Wildman–Crippen MR) is 101 cm³/mol. The van der Waals surface area contributed by atoms with Gasteiger partial charge in [0.15, 0.2) is 0 Å². The van der Waals surface area contributed by atoms with Crippen molar-refractivity contribution in [2.45, 2.75) is 58.3 Å². The molecule has 2 heterocycles. The van der Waals surface area contributed by atoms with Gasteiger partial charge in [-0.05, 0) is 63.6 Å². The van der Waals surface area contributed by atoms with Crippen LogP contribution in [0.4, 0.5) is 5.00 Å². The average molecular weight is 365 g/mol. The zero-order chi connectivity index (χ0) is 17.8. The van der Waals surface area contributed by atoms with Crippen molar-refractivity contribution < 1.29 is 14.3 Å². The summed E-state index contributed by atoms with van der Waals surface area (Å²) in [6, 6.07) is 0. The first-order valence-corrected chi connectivity index (χ1v) is 10.3. The number of amides is 1. The van der Waals surface area contributed by atoms with Crippen LogP contribution in [0.3, 0.4) is 0 Å². The number of nitrogens with zero attached hydrogens (tertiary/aromatic N) is 1. The summed E-state index contributed by atoms with van der Waals surface area (Å²) >= 11 is 1.56. The molecule has 5 nitrogen and oxygen atoms in total. The summed E-state index contributed by atoms with van der Waals surface area (Å²) in [7, 11) is 0. The summed E-state index contributed by atoms with van der Waals surface area (Å²) in [6.07, 6.45) is 6.77. The maximum atomic E-state index is 12.5. The summed E-state index contributed by atoms with van der Waals surface area (Å²) in [5.41, 5.74) is 1.70. The Morgan fingerprint density at radius 1 is 1.24 bits per heavy atom. The van der Waals surface area contributed by atoms with Crippen LogP contribution in [0.15, 0.2) is 0 Å². The van der Waals surface area contributed by atoms with E-state index in [1.165, 1.54) is 11.3 Å². The molecule has 1 saturated heterocycles. The van der Waals surface area contributed by atoms with E-state index in [-0.39, 0.29) is 11.9 Å². The standard InChI is InChI=1S/C19H28N2O3S/c1-3-24-19(23)17-16-13(2)8-7-9-14(16)25-18(17)20-15(22)12-21-10-5-4-6-11-21/h13H,3-12H2,1-2H3,(H,20,22)/t13-/m1/s1. The number of hydrogen-bond donors (Lipinski definition) is 1. The molecular weight excluding hydrogens is 336 g/mol. The van der Waals surface area contributed by atoms with Gasteiger partial charge in [0.2, 0.25) is 5.91 Å². The Morgan fingerprint density at radius 3 is 2.72 bits per heavy atom. The summed E-state index contributed by atoms with van der Waals surface area (Å²) in [4.78, 5) is 28.5. The maximum absolute atomic E-state index is 12.5. The molecule has 2 aliphatic rings. The van der Waals surface area contributed by atoms with E-state index in [1.807, 2.05) is 6.92 Å². The van der Waals surface area contributed by atoms with Gasteiger partial charge in [0.05, 0.1) is 18.7 Å². The van der Waals surface area contributed by atoms with Crippen LogP contribution in [0, 0.1) is 0 Å². The van der Waals surface area contributed by atoms with E-state index in [0.717, 1.165) is 50.8 Å². The number of ether oxygens (including phenoxy) is 1. The van der Waals surface area contributed by atoms with Crippen LogP contribution in [0.5, 0.6) is 0 Å². The number of fused-ring (bicyclic) bond motifs is 1. The number of rotatable bonds is 5. The predicted octanol–water partition coefficient (Wildman–Crippen LogP) is 3.79. The van der Waals surface area contributed by atoms with Crippen LogP contribution in [0.25, 0.3) is 0 Å². The van der Waals surface area contributed by atoms with Gasteiger partial charge in [-0.25, -0.2) is 4.79 Å². The zero-order valence-electron chi connectivity index (χ0n) is 15.2. The lowest BCUT2D eigenvalue weighted by molar-refractivity contribution is -0.117. The third kappa shape index (κ3) is 4.23. The molecule has 0 unspecified atom stereocenters. The molecule has 138 valence electrons. The van der Waals surface area contributed by atoms with Crippen molar-refractivity contribution in [2.24, 2.45) is 0 Å². The third-order valence-corrected chi connectivity index (χ3v) is 6.28. The van der Waals surface area contributed by atoms with Gasteiger partial charge in [0, 0.05) is 4.88 Å². The summed E-state index contributed by atoms with van der Waals surface area (Å²) in [6.45, 7) is 6.69. The Morgan fingerprint density at radius 2 is 2.00 bits per heavy atom. The number of piperidine rings is 1. The average Bonchev–Trinajstić information content (AvgIpc) is 2.95. The number of carbonyl (C=O) groups is 2. The van der Waals surface area contributed by atoms with E-state index in [4.69, 9.17) is 4.74 Å². The van der Waals surface area contributed by atoms with E-state index in [0.29, 0.717) is 29.6 Å². The number of anilines is 1. The van der Waals surface area contributed by atoms with Gasteiger partial charge in [0.25, 0.3) is 0 Å². The molecule has 1 aromatic rings. The highest BCUT2D eigenvalue weighted by molar-refractivity contribution is 7.17. The second kappa shape index (κ2) is 8.32. The normalized spacial score (nSPS) is 20.8. The topological polar surface area (TPSA) is 58.6 Å². The molecule has 1 aromatic heterocycles. The highest BCUT2D eigenvalue weighted by atomic mass is 32.1. The van der Waals surface area contributed by atoms with Crippen molar-refractivity contribution in [3.05, 3.63) is 16.0 Å². The van der Waals surface area contributed by atoms with Crippen LogP contribution < -0.4 is 5.32 Å². The summed E-state index contributed by atoms with van der Waals surface area (Å²) in [5, 5.41) is 3.69. The second-order valence-electron chi connectivity index (χ2n) is 7.04. The molecule has 3 rings (SSSR count). The van der Waals surface area contributed by atoms with Crippen molar-refractivity contribution in [1.29, 1.82) is 0 Å². The molecular formula is C19H28N2O3S. The van der Waals surface area contributed by atoms with Crippen molar-refractivity contribution in [3.63, 3.8) is 0 Å². The van der Waals surface area contributed by atoms with Crippen LogP contribution in [-0.4, -0.2) is 43.0 Å². The number of nitrogens with one attached hydrogen (secondary N) is 1. The van der Waals surface area contributed by atoms with Crippen LogP contribution in [0.1, 0.15) is 72.7 Å². The minimum absolute atomic E-state index is 0.0290. The lowest BCUT2D eigenvalue weighted by Crippen LogP contribution is -2.36. The number of esters is 1. The van der Waals surface area contributed by atoms with Crippen LogP contribution >= 0.6 is 11.3 Å². The van der Waals surface area contributed by atoms with Crippen molar-refractivity contribution in [3.8, 4) is 0 Å². The molecule has 6 heteroatoms. The number of aryl methyl sites for hydroxylation is 1. The molecule has 1 atom stereocenters. The third-order valence-electron chi connectivity index (χ3n) is 5.10. The number of hydrogen-bond acceptors (Lipinski definition) is 5. The smallest absolute Gasteiger partial charge is 0.341 e. The van der Waals surface area contributed by atoms with Gasteiger partial charge in [-0.15, -0.1) is 11.3 Å². The van der Waals surface area contributed by atoms with Crippen molar-refractivity contribution in [1.82, 2.24) is 4.90 Å². The SMILES string of the molecule is CCOC(=O)c1c(NC(=O)CN2CCCCC2)sc2c1[C@H](C)CCC2. The molecule has 0 saturated carbocycles. The van der Waals surface area contributed by atoms with Gasteiger partial charge in [-0.3, -0.25) is 9.69 Å². The Kier molecular flexibility index (Phi) is 6.12. The molecule has 0 bridgehead atoms. The van der Waals surface area contributed by atoms with Gasteiger partial charge in [-0.1, -0.05) is 13.3 Å². The van der Waals surface area contributed by atoms with E-state index in [1.54, 1.807) is 11.3 Å². The van der Waals surface area contributed by atoms with E-state index < -0.39 is 0 Å². The zero-order valence-corrected chi connectivity index (χ0v) is 16.0. The Bertz CT molecular complexity index is 635. The van der Waals surface area contributed by atoms with E-state index >= 15 is 0 Å². The number of thiophene rings is 1.